The molecular formula is C22H27N6O9P. The van der Waals surface area contributed by atoms with E-state index in [1.165, 1.54) is 10.9 Å². The second-order valence-electron chi connectivity index (χ2n) is 8.71. The number of aromatic nitrogens is 4. The van der Waals surface area contributed by atoms with Gasteiger partial charge in [0.25, 0.3) is 5.56 Å². The van der Waals surface area contributed by atoms with Crippen molar-refractivity contribution in [1.29, 1.82) is 0 Å². The van der Waals surface area contributed by atoms with Crippen LogP contribution in [0.3, 0.4) is 0 Å². The lowest BCUT2D eigenvalue weighted by atomic mass is 10.1. The Bertz CT molecular complexity index is 1380. The van der Waals surface area contributed by atoms with Crippen LogP contribution in [0.4, 0.5) is 10.7 Å². The summed E-state index contributed by atoms with van der Waals surface area (Å²) in [7, 11) is -3.53. The predicted octanol–water partition coefficient (Wildman–Crippen LogP) is 0.666. The van der Waals surface area contributed by atoms with Crippen LogP contribution in [0.5, 0.6) is 0 Å². The molecule has 4 rings (SSSR count). The van der Waals surface area contributed by atoms with Crippen molar-refractivity contribution in [2.45, 2.75) is 44.9 Å². The van der Waals surface area contributed by atoms with Gasteiger partial charge in [-0.05, 0) is 5.56 Å². The fourth-order valence-electron chi connectivity index (χ4n) is 3.87. The highest BCUT2D eigenvalue weighted by Crippen LogP contribution is 2.37. The quantitative estimate of drug-likeness (QED) is 0.234. The summed E-state index contributed by atoms with van der Waals surface area (Å²) < 4.78 is 29.1. The SMILES string of the molecule is CC(C)C(=O)Nc1nc2c(ncn2[C@@H]2O[C@H](CO)[C@@H](O[PH](=O)O)[C@H]2NC(=O)OCc2ccccc2)c(=O)[nH]1. The van der Waals surface area contributed by atoms with Gasteiger partial charge in [0.15, 0.2) is 17.4 Å². The molecule has 15 nitrogen and oxygen atoms in total. The van der Waals surface area contributed by atoms with Crippen molar-refractivity contribution in [3.8, 4) is 0 Å². The highest BCUT2D eigenvalue weighted by atomic mass is 31.1. The Morgan fingerprint density at radius 1 is 1.29 bits per heavy atom. The summed E-state index contributed by atoms with van der Waals surface area (Å²) in [5.74, 6) is -0.919. The molecule has 1 aromatic carbocycles. The maximum Gasteiger partial charge on any atom is 0.407 e. The second-order valence-corrected chi connectivity index (χ2v) is 9.48. The Morgan fingerprint density at radius 3 is 2.68 bits per heavy atom. The van der Waals surface area contributed by atoms with Crippen LogP contribution in [0.2, 0.25) is 0 Å². The third-order valence-electron chi connectivity index (χ3n) is 5.73. The van der Waals surface area contributed by atoms with E-state index in [-0.39, 0.29) is 29.6 Å². The van der Waals surface area contributed by atoms with E-state index < -0.39 is 56.9 Å². The number of rotatable bonds is 9. The van der Waals surface area contributed by atoms with Crippen LogP contribution in [0.15, 0.2) is 41.5 Å². The smallest absolute Gasteiger partial charge is 0.407 e. The lowest BCUT2D eigenvalue weighted by Gasteiger charge is -2.24. The number of anilines is 1. The van der Waals surface area contributed by atoms with Crippen LogP contribution >= 0.6 is 8.25 Å². The Hall–Kier alpha value is -3.62. The monoisotopic (exact) mass is 550 g/mol. The molecule has 1 unspecified atom stereocenters. The molecule has 1 saturated heterocycles. The highest BCUT2D eigenvalue weighted by Gasteiger charge is 2.48. The minimum absolute atomic E-state index is 0.0174. The number of aromatic amines is 1. The standard InChI is InChI=1S/C22H27N6O9P/c1-11(2)18(30)26-21-25-17-15(19(31)27-21)23-10-28(17)20-14(16(37-38(33)34)13(8-29)36-20)24-22(32)35-9-12-6-4-3-5-7-12/h3-7,10-11,13-14,16,20,29,38H,8-9H2,1-2H3,(H,24,32)(H,33,34)(H2,25,26,27,30,31)/t13-,14-,16-,20-/m1/s1. The van der Waals surface area contributed by atoms with E-state index in [0.29, 0.717) is 0 Å². The molecule has 5 atom stereocenters. The normalized spacial score (nSPS) is 21.9. The Morgan fingerprint density at radius 2 is 2.03 bits per heavy atom. The first kappa shape index (κ1) is 27.4. The number of benzene rings is 1. The first-order valence-electron chi connectivity index (χ1n) is 11.6. The topological polar surface area (TPSA) is 207 Å². The van der Waals surface area contributed by atoms with Gasteiger partial charge < -0.3 is 29.3 Å². The molecule has 0 saturated carbocycles. The van der Waals surface area contributed by atoms with Crippen molar-refractivity contribution >= 4 is 37.4 Å². The van der Waals surface area contributed by atoms with Gasteiger partial charge in [-0.2, -0.15) is 4.98 Å². The number of carbonyl (C=O) groups excluding carboxylic acids is 2. The lowest BCUT2D eigenvalue weighted by Crippen LogP contribution is -2.47. The van der Waals surface area contributed by atoms with E-state index in [0.717, 1.165) is 5.56 Å². The summed E-state index contributed by atoms with van der Waals surface area (Å²) in [6, 6.07) is 7.72. The largest absolute Gasteiger partial charge is 0.445 e. The van der Waals surface area contributed by atoms with Gasteiger partial charge in [-0.25, -0.2) is 9.78 Å². The van der Waals surface area contributed by atoms with Crippen molar-refractivity contribution in [3.63, 3.8) is 0 Å². The predicted molar refractivity (Wildman–Crippen MR) is 132 cm³/mol. The van der Waals surface area contributed by atoms with Crippen LogP contribution in [-0.2, 0) is 30.0 Å². The molecule has 0 spiro atoms. The van der Waals surface area contributed by atoms with E-state index >= 15 is 0 Å². The second kappa shape index (κ2) is 11.8. The summed E-state index contributed by atoms with van der Waals surface area (Å²) in [5.41, 5.74) is -0.0359. The highest BCUT2D eigenvalue weighted by molar-refractivity contribution is 7.32. The molecule has 0 aliphatic carbocycles. The van der Waals surface area contributed by atoms with Gasteiger partial charge in [-0.15, -0.1) is 0 Å². The zero-order valence-corrected chi connectivity index (χ0v) is 21.4. The number of aliphatic hydroxyl groups is 1. The van der Waals surface area contributed by atoms with Gasteiger partial charge >= 0.3 is 14.3 Å². The van der Waals surface area contributed by atoms with Crippen LogP contribution in [-0.4, -0.2) is 66.4 Å². The van der Waals surface area contributed by atoms with Crippen LogP contribution < -0.4 is 16.2 Å². The first-order valence-corrected chi connectivity index (χ1v) is 12.8. The lowest BCUT2D eigenvalue weighted by molar-refractivity contribution is -0.118. The van der Waals surface area contributed by atoms with Gasteiger partial charge in [0, 0.05) is 5.92 Å². The number of nitrogens with zero attached hydrogens (tertiary/aromatic N) is 3. The van der Waals surface area contributed by atoms with Crippen molar-refractivity contribution in [3.05, 3.63) is 52.6 Å². The summed E-state index contributed by atoms with van der Waals surface area (Å²) in [4.78, 5) is 57.6. The number of aliphatic hydroxyl groups excluding tert-OH is 1. The van der Waals surface area contributed by atoms with E-state index in [9.17, 15) is 28.9 Å². The van der Waals surface area contributed by atoms with Crippen molar-refractivity contribution in [1.82, 2.24) is 24.8 Å². The zero-order chi connectivity index (χ0) is 27.4. The Balaban J connectivity index is 1.66. The third kappa shape index (κ3) is 6.09. The molecule has 3 heterocycles. The first-order chi connectivity index (χ1) is 18.2. The van der Waals surface area contributed by atoms with Gasteiger partial charge in [-0.1, -0.05) is 44.2 Å². The molecule has 16 heteroatoms. The average molecular weight is 550 g/mol. The molecule has 1 aliphatic heterocycles. The van der Waals surface area contributed by atoms with E-state index in [1.54, 1.807) is 38.1 Å². The van der Waals surface area contributed by atoms with Gasteiger partial charge in [0.2, 0.25) is 11.9 Å². The van der Waals surface area contributed by atoms with Gasteiger partial charge in [0.1, 0.15) is 24.9 Å². The van der Waals surface area contributed by atoms with Crippen molar-refractivity contribution < 1.29 is 38.2 Å². The molecule has 2 aromatic heterocycles. The molecule has 204 valence electrons. The number of amides is 2. The number of nitrogens with one attached hydrogen (secondary N) is 3. The molecule has 0 radical (unpaired) electrons. The molecule has 3 aromatic rings. The number of imidazole rings is 1. The van der Waals surface area contributed by atoms with Crippen molar-refractivity contribution in [2.24, 2.45) is 5.92 Å². The minimum atomic E-state index is -3.53. The molecule has 1 fully saturated rings. The van der Waals surface area contributed by atoms with Gasteiger partial charge in [0.05, 0.1) is 12.9 Å². The average Bonchev–Trinajstić information content (AvgIpc) is 3.44. The fourth-order valence-corrected chi connectivity index (χ4v) is 4.40. The molecule has 1 aliphatic rings. The fraction of sp³-hybridized carbons (Fsp3) is 0.409. The summed E-state index contributed by atoms with van der Waals surface area (Å²) in [5, 5.41) is 14.9. The van der Waals surface area contributed by atoms with E-state index in [2.05, 4.69) is 25.6 Å². The Kier molecular flexibility index (Phi) is 8.54. The number of ether oxygens (including phenoxy) is 2. The van der Waals surface area contributed by atoms with Crippen molar-refractivity contribution in [2.75, 3.05) is 11.9 Å². The minimum Gasteiger partial charge on any atom is -0.445 e. The maximum atomic E-state index is 12.7. The number of carbonyl (C=O) groups is 2. The maximum absolute atomic E-state index is 12.7. The van der Waals surface area contributed by atoms with Crippen LogP contribution in [0, 0.1) is 5.92 Å². The number of hydrogen-bond donors (Lipinski definition) is 5. The van der Waals surface area contributed by atoms with E-state index in [1.807, 2.05) is 6.07 Å². The summed E-state index contributed by atoms with van der Waals surface area (Å²) in [6.07, 6.45) is -3.28. The number of alkyl carbamates (subject to hydrolysis) is 1. The number of fused-ring (bicyclic) bond motifs is 1. The molecule has 2 amide bonds. The van der Waals surface area contributed by atoms with E-state index in [4.69, 9.17) is 14.0 Å². The summed E-state index contributed by atoms with van der Waals surface area (Å²) in [6.45, 7) is 2.65. The molecule has 5 N–H and O–H groups in total. The van der Waals surface area contributed by atoms with Crippen LogP contribution in [0.1, 0.15) is 25.6 Å². The number of hydrogen-bond acceptors (Lipinski definition) is 10. The molecular weight excluding hydrogens is 523 g/mol. The Labute approximate surface area is 216 Å². The number of H-pyrrole nitrogens is 1. The molecule has 38 heavy (non-hydrogen) atoms. The third-order valence-corrected chi connectivity index (χ3v) is 6.20. The zero-order valence-electron chi connectivity index (χ0n) is 20.4. The van der Waals surface area contributed by atoms with Gasteiger partial charge in [-0.3, -0.25) is 29.0 Å². The van der Waals surface area contributed by atoms with Crippen LogP contribution in [0.25, 0.3) is 11.2 Å². The summed E-state index contributed by atoms with van der Waals surface area (Å²) >= 11 is 0. The molecule has 0 bridgehead atoms.